The molecule has 4 fully saturated rings. The number of amides is 1. The Morgan fingerprint density at radius 1 is 1.31 bits per heavy atom. The summed E-state index contributed by atoms with van der Waals surface area (Å²) in [6, 6.07) is 1.79. The van der Waals surface area contributed by atoms with Gasteiger partial charge in [0.2, 0.25) is 5.91 Å². The molecule has 8 atom stereocenters. The van der Waals surface area contributed by atoms with Crippen LogP contribution in [0.2, 0.25) is 0 Å². The van der Waals surface area contributed by atoms with Gasteiger partial charge in [-0.15, -0.1) is 0 Å². The number of carbonyl (C=O) groups is 1. The topological polar surface area (TPSA) is 90.4 Å². The predicted molar refractivity (Wildman–Crippen MR) is 101 cm³/mol. The molecule has 0 aromatic carbocycles. The van der Waals surface area contributed by atoms with E-state index in [4.69, 9.17) is 11.0 Å². The van der Waals surface area contributed by atoms with E-state index >= 15 is 0 Å². The monoisotopic (exact) mass is 361 g/mol. The number of rotatable bonds is 2. The Hall–Kier alpha value is -1.12. The molecule has 1 saturated heterocycles. The van der Waals surface area contributed by atoms with Crippen molar-refractivity contribution in [2.75, 3.05) is 0 Å². The maximum absolute atomic E-state index is 11.6. The Kier molecular flexibility index (Phi) is 5.65. The van der Waals surface area contributed by atoms with Crippen LogP contribution in [0.15, 0.2) is 0 Å². The van der Waals surface area contributed by atoms with Crippen molar-refractivity contribution in [1.82, 2.24) is 4.90 Å². The van der Waals surface area contributed by atoms with Gasteiger partial charge in [-0.1, -0.05) is 20.3 Å². The van der Waals surface area contributed by atoms with Gasteiger partial charge in [0.1, 0.15) is 6.04 Å². The van der Waals surface area contributed by atoms with Crippen molar-refractivity contribution in [3.05, 3.63) is 0 Å². The van der Waals surface area contributed by atoms with Gasteiger partial charge in [-0.2, -0.15) is 5.26 Å². The fourth-order valence-electron chi connectivity index (χ4n) is 5.93. The largest absolute Gasteiger partial charge is 0.393 e. The maximum Gasteiger partial charge on any atom is 0.240 e. The summed E-state index contributed by atoms with van der Waals surface area (Å²) in [6.07, 6.45) is 9.49. The third kappa shape index (κ3) is 4.07. The highest BCUT2D eigenvalue weighted by molar-refractivity contribution is 5.83. The quantitative estimate of drug-likeness (QED) is 0.791. The van der Waals surface area contributed by atoms with Gasteiger partial charge < -0.3 is 15.7 Å². The molecule has 4 rings (SSSR count). The van der Waals surface area contributed by atoms with E-state index in [9.17, 15) is 9.90 Å². The first-order valence-electron chi connectivity index (χ1n) is 10.4. The van der Waals surface area contributed by atoms with Crippen LogP contribution in [0.4, 0.5) is 0 Å². The number of hydrogen-bond donors (Lipinski definition) is 2. The van der Waals surface area contributed by atoms with Gasteiger partial charge in [-0.25, -0.2) is 0 Å². The number of nitrogens with zero attached hydrogens (tertiary/aromatic N) is 2. The van der Waals surface area contributed by atoms with Crippen molar-refractivity contribution in [2.45, 2.75) is 96.4 Å². The number of nitriles is 1. The molecule has 0 radical (unpaired) electrons. The summed E-state index contributed by atoms with van der Waals surface area (Å²) in [5, 5.41) is 18.6. The van der Waals surface area contributed by atoms with Gasteiger partial charge >= 0.3 is 0 Å². The minimum absolute atomic E-state index is 0.00144. The summed E-state index contributed by atoms with van der Waals surface area (Å²) < 4.78 is 0. The summed E-state index contributed by atoms with van der Waals surface area (Å²) in [6.45, 7) is 6.36. The first-order chi connectivity index (χ1) is 12.3. The van der Waals surface area contributed by atoms with Crippen molar-refractivity contribution >= 4 is 5.91 Å². The molecule has 4 aliphatic rings. The summed E-state index contributed by atoms with van der Waals surface area (Å²) in [5.74, 6) is 2.27. The highest BCUT2D eigenvalue weighted by Gasteiger charge is 2.54. The fraction of sp³-hybridized carbons (Fsp3) is 0.905. The smallest absolute Gasteiger partial charge is 0.240 e. The van der Waals surface area contributed by atoms with E-state index in [2.05, 4.69) is 19.9 Å². The zero-order chi connectivity index (χ0) is 19.1. The van der Waals surface area contributed by atoms with Gasteiger partial charge in [-0.3, -0.25) is 4.79 Å². The molecular weight excluding hydrogens is 326 g/mol. The molecule has 5 nitrogen and oxygen atoms in total. The average Bonchev–Trinajstić information content (AvgIpc) is 3.23. The van der Waals surface area contributed by atoms with Crippen LogP contribution in [0.1, 0.15) is 72.1 Å². The summed E-state index contributed by atoms with van der Waals surface area (Å²) in [7, 11) is 0. The first-order valence-corrected chi connectivity index (χ1v) is 10.4. The minimum atomic E-state index is -0.477. The lowest BCUT2D eigenvalue weighted by Gasteiger charge is -2.48. The molecule has 0 aromatic rings. The summed E-state index contributed by atoms with van der Waals surface area (Å²) in [4.78, 5) is 13.3. The van der Waals surface area contributed by atoms with Crippen LogP contribution in [-0.2, 0) is 4.79 Å². The molecule has 1 heterocycles. The Morgan fingerprint density at radius 3 is 2.62 bits per heavy atom. The van der Waals surface area contributed by atoms with Crippen molar-refractivity contribution in [1.29, 1.82) is 5.26 Å². The normalized spacial score (nSPS) is 44.2. The van der Waals surface area contributed by atoms with Crippen molar-refractivity contribution in [3.8, 4) is 6.07 Å². The van der Waals surface area contributed by atoms with Gasteiger partial charge in [-0.05, 0) is 75.0 Å². The number of nitrogens with two attached hydrogens (primary N) is 1. The van der Waals surface area contributed by atoms with Crippen LogP contribution in [0.5, 0.6) is 0 Å². The number of likely N-dealkylation sites (tertiary alicyclic amines) is 1. The molecule has 2 bridgehead atoms. The zero-order valence-electron chi connectivity index (χ0n) is 16.5. The number of hydrogen-bond acceptors (Lipinski definition) is 4. The van der Waals surface area contributed by atoms with Crippen LogP contribution in [0.3, 0.4) is 0 Å². The second kappa shape index (κ2) is 7.48. The molecule has 3 aliphatic carbocycles. The molecule has 146 valence electrons. The summed E-state index contributed by atoms with van der Waals surface area (Å²) >= 11 is 0. The van der Waals surface area contributed by atoms with E-state index in [0.717, 1.165) is 37.5 Å². The third-order valence-electron chi connectivity index (χ3n) is 7.04. The lowest BCUT2D eigenvalue weighted by molar-refractivity contribution is -0.133. The van der Waals surface area contributed by atoms with Crippen LogP contribution in [0.25, 0.3) is 0 Å². The van der Waals surface area contributed by atoms with E-state index in [-0.39, 0.29) is 18.1 Å². The average molecular weight is 362 g/mol. The second-order valence-corrected chi connectivity index (χ2v) is 9.67. The number of piperidine rings is 1. The molecule has 8 unspecified atom stereocenters. The van der Waals surface area contributed by atoms with E-state index in [1.165, 1.54) is 25.7 Å². The van der Waals surface area contributed by atoms with Gasteiger partial charge in [0.05, 0.1) is 18.2 Å². The Morgan fingerprint density at radius 2 is 2.04 bits per heavy atom. The van der Waals surface area contributed by atoms with E-state index in [1.807, 2.05) is 0 Å². The zero-order valence-corrected chi connectivity index (χ0v) is 16.5. The van der Waals surface area contributed by atoms with E-state index in [0.29, 0.717) is 17.4 Å². The van der Waals surface area contributed by atoms with Crippen molar-refractivity contribution in [2.24, 2.45) is 28.9 Å². The second-order valence-electron chi connectivity index (χ2n) is 9.67. The lowest BCUT2D eigenvalue weighted by atomic mass is 9.59. The molecule has 26 heavy (non-hydrogen) atoms. The number of fused-ring (bicyclic) bond motifs is 3. The molecule has 1 amide bonds. The van der Waals surface area contributed by atoms with Crippen molar-refractivity contribution in [3.63, 3.8) is 0 Å². The van der Waals surface area contributed by atoms with Gasteiger partial charge in [0.25, 0.3) is 0 Å². The highest BCUT2D eigenvalue weighted by atomic mass is 16.3. The molecule has 3 saturated carbocycles. The highest BCUT2D eigenvalue weighted by Crippen LogP contribution is 2.51. The van der Waals surface area contributed by atoms with Gasteiger partial charge in [0, 0.05) is 6.04 Å². The molecule has 1 aliphatic heterocycles. The number of aliphatic hydroxyl groups excluding tert-OH is 1. The molecule has 0 spiro atoms. The molecular formula is C21H35N3O2. The number of carbonyl (C=O) groups excluding carboxylic acids is 1. The fourth-order valence-corrected chi connectivity index (χ4v) is 5.93. The predicted octanol–water partition coefficient (Wildman–Crippen LogP) is 2.82. The Balaban J connectivity index is 0.000000151. The van der Waals surface area contributed by atoms with Gasteiger partial charge in [0.15, 0.2) is 0 Å². The van der Waals surface area contributed by atoms with Crippen LogP contribution >= 0.6 is 0 Å². The molecule has 5 heteroatoms. The SMILES string of the molecule is CC(N)C(=O)N1C(C#N)CC2CC21.CCC1CC2CC(O)CC(C)(C1)C2. The molecule has 3 N–H and O–H groups in total. The standard InChI is InChI=1S/C12H22O.C9H13N3O/c1-3-9-4-10-5-11(13)8-12(2,6-9)7-10;1-5(11)9(13)12-7(4-10)2-6-3-8(6)12/h9-11,13H,3-8H2,1-2H3;5-8H,2-3,11H2,1H3. The first kappa shape index (κ1) is 19.6. The Bertz CT molecular complexity index is 568. The maximum atomic E-state index is 11.6. The van der Waals surface area contributed by atoms with Crippen LogP contribution in [-0.4, -0.2) is 40.1 Å². The number of aliphatic hydroxyl groups is 1. The minimum Gasteiger partial charge on any atom is -0.393 e. The van der Waals surface area contributed by atoms with Crippen LogP contribution < -0.4 is 5.73 Å². The van der Waals surface area contributed by atoms with E-state index in [1.54, 1.807) is 11.8 Å². The van der Waals surface area contributed by atoms with Crippen molar-refractivity contribution < 1.29 is 9.90 Å². The summed E-state index contributed by atoms with van der Waals surface area (Å²) in [5.41, 5.74) is 5.99. The van der Waals surface area contributed by atoms with E-state index < -0.39 is 6.04 Å². The Labute approximate surface area is 157 Å². The van der Waals surface area contributed by atoms with Crippen LogP contribution in [0, 0.1) is 34.5 Å². The molecule has 0 aromatic heterocycles. The lowest BCUT2D eigenvalue weighted by Crippen LogP contribution is -2.46. The third-order valence-corrected chi connectivity index (χ3v) is 7.04.